The van der Waals surface area contributed by atoms with E-state index >= 15 is 0 Å². The highest BCUT2D eigenvalue weighted by Crippen LogP contribution is 2.39. The number of aliphatic hydroxyl groups excluding tert-OH is 1. The second kappa shape index (κ2) is 6.69. The van der Waals surface area contributed by atoms with Gasteiger partial charge in [-0.25, -0.2) is 4.98 Å². The number of carbonyl (C=O) groups excluding carboxylic acids is 2. The Balaban J connectivity index is 1.50. The molecule has 1 saturated carbocycles. The van der Waals surface area contributed by atoms with Crippen LogP contribution in [0.1, 0.15) is 23.7 Å². The molecule has 0 spiro atoms. The topological polar surface area (TPSA) is 105 Å². The van der Waals surface area contributed by atoms with Gasteiger partial charge in [0, 0.05) is 31.6 Å². The molecule has 1 aromatic heterocycles. The summed E-state index contributed by atoms with van der Waals surface area (Å²) >= 11 is 0. The first-order valence-electron chi connectivity index (χ1n) is 8.84. The van der Waals surface area contributed by atoms with Crippen molar-refractivity contribution in [2.24, 2.45) is 5.92 Å². The number of rotatable bonds is 5. The molecule has 1 saturated heterocycles. The fourth-order valence-electron chi connectivity index (χ4n) is 4.04. The van der Waals surface area contributed by atoms with Crippen LogP contribution in [-0.2, 0) is 16.1 Å². The van der Waals surface area contributed by atoms with Crippen molar-refractivity contribution in [3.8, 4) is 0 Å². The van der Waals surface area contributed by atoms with E-state index in [0.717, 1.165) is 11.9 Å². The van der Waals surface area contributed by atoms with E-state index in [1.54, 1.807) is 18.5 Å². The Kier molecular flexibility index (Phi) is 4.37. The van der Waals surface area contributed by atoms with Crippen LogP contribution in [0.5, 0.6) is 0 Å². The number of imidazole rings is 1. The van der Waals surface area contributed by atoms with Crippen molar-refractivity contribution in [1.29, 1.82) is 0 Å². The van der Waals surface area contributed by atoms with Gasteiger partial charge in [0.15, 0.2) is 0 Å². The molecule has 4 rings (SSSR count). The maximum Gasteiger partial charge on any atom is 0.251 e. The predicted molar refractivity (Wildman–Crippen MR) is 93.5 cm³/mol. The Morgan fingerprint density at radius 3 is 2.96 bits per heavy atom. The van der Waals surface area contributed by atoms with E-state index in [1.807, 2.05) is 10.6 Å². The molecule has 1 aliphatic heterocycles. The van der Waals surface area contributed by atoms with Crippen molar-refractivity contribution >= 4 is 22.8 Å². The van der Waals surface area contributed by atoms with E-state index in [-0.39, 0.29) is 42.5 Å². The van der Waals surface area contributed by atoms with Crippen molar-refractivity contribution < 1.29 is 19.4 Å². The summed E-state index contributed by atoms with van der Waals surface area (Å²) in [6, 6.07) is 5.02. The molecule has 2 heterocycles. The van der Waals surface area contributed by atoms with Crippen LogP contribution in [0.4, 0.5) is 0 Å². The van der Waals surface area contributed by atoms with E-state index in [0.29, 0.717) is 24.2 Å². The molecule has 2 aliphatic rings. The van der Waals surface area contributed by atoms with Gasteiger partial charge in [-0.15, -0.1) is 0 Å². The van der Waals surface area contributed by atoms with E-state index in [9.17, 15) is 9.59 Å². The number of ether oxygens (including phenoxy) is 1. The average molecular weight is 358 g/mol. The lowest BCUT2D eigenvalue weighted by Gasteiger charge is -2.47. The van der Waals surface area contributed by atoms with Crippen molar-refractivity contribution in [2.75, 3.05) is 13.2 Å². The lowest BCUT2D eigenvalue weighted by molar-refractivity contribution is -0.123. The van der Waals surface area contributed by atoms with Crippen LogP contribution in [0.25, 0.3) is 11.0 Å². The van der Waals surface area contributed by atoms with Gasteiger partial charge >= 0.3 is 0 Å². The molecule has 0 bridgehead atoms. The molecular weight excluding hydrogens is 336 g/mol. The lowest BCUT2D eigenvalue weighted by Crippen LogP contribution is -2.70. The summed E-state index contributed by atoms with van der Waals surface area (Å²) in [5.74, 6) is -0.0726. The van der Waals surface area contributed by atoms with Crippen LogP contribution in [-0.4, -0.2) is 57.9 Å². The van der Waals surface area contributed by atoms with Crippen molar-refractivity contribution in [3.05, 3.63) is 30.1 Å². The first-order valence-corrected chi connectivity index (χ1v) is 8.84. The third kappa shape index (κ3) is 2.85. The minimum absolute atomic E-state index is 0.0131. The predicted octanol–water partition coefficient (Wildman–Crippen LogP) is 0.0504. The van der Waals surface area contributed by atoms with Gasteiger partial charge in [0.1, 0.15) is 0 Å². The van der Waals surface area contributed by atoms with Gasteiger partial charge in [0.05, 0.1) is 42.2 Å². The molecule has 2 aromatic rings. The molecule has 8 heteroatoms. The third-order valence-electron chi connectivity index (χ3n) is 5.28. The van der Waals surface area contributed by atoms with Crippen LogP contribution in [0.2, 0.25) is 0 Å². The smallest absolute Gasteiger partial charge is 0.251 e. The van der Waals surface area contributed by atoms with Crippen molar-refractivity contribution in [3.63, 3.8) is 0 Å². The van der Waals surface area contributed by atoms with Crippen LogP contribution < -0.4 is 10.6 Å². The molecule has 138 valence electrons. The molecular formula is C18H22N4O4. The largest absolute Gasteiger partial charge is 0.395 e. The average Bonchev–Trinajstić information content (AvgIpc) is 3.22. The van der Waals surface area contributed by atoms with Crippen LogP contribution in [0.3, 0.4) is 0 Å². The summed E-state index contributed by atoms with van der Waals surface area (Å²) in [7, 11) is 0. The molecule has 0 radical (unpaired) electrons. The maximum absolute atomic E-state index is 12.7. The molecule has 3 N–H and O–H groups in total. The lowest BCUT2D eigenvalue weighted by atomic mass is 9.71. The monoisotopic (exact) mass is 358 g/mol. The van der Waals surface area contributed by atoms with Gasteiger partial charge in [-0.1, -0.05) is 0 Å². The number of hydrogen-bond donors (Lipinski definition) is 3. The standard InChI is InChI=1S/C18H22N4O4/c1-10(24)20-16-15(12-4-7-26-17(12)16)21-18(25)11-2-3-14-13(8-11)19-9-22(14)5-6-23/h2-3,8-9,12,15-17,23H,4-7H2,1H3,(H,20,24)(H,21,25)/t12-,15+,16-,17-/m1/s1. The molecule has 1 aliphatic carbocycles. The summed E-state index contributed by atoms with van der Waals surface area (Å²) < 4.78 is 7.51. The molecule has 0 unspecified atom stereocenters. The van der Waals surface area contributed by atoms with Gasteiger partial charge in [-0.3, -0.25) is 9.59 Å². The Labute approximate surface area is 150 Å². The van der Waals surface area contributed by atoms with E-state index in [2.05, 4.69) is 15.6 Å². The van der Waals surface area contributed by atoms with Crippen LogP contribution >= 0.6 is 0 Å². The second-order valence-electron chi connectivity index (χ2n) is 6.88. The Hall–Kier alpha value is -2.45. The quantitative estimate of drug-likeness (QED) is 0.700. The SMILES string of the molecule is CC(=O)N[C@@H]1[C@@H](NC(=O)c2ccc3c(c2)ncn3CCO)[C@H]2CCO[C@H]21. The number of hydrogen-bond acceptors (Lipinski definition) is 5. The summed E-state index contributed by atoms with van der Waals surface area (Å²) in [6.07, 6.45) is 2.53. The maximum atomic E-state index is 12.7. The highest BCUT2D eigenvalue weighted by Gasteiger charge is 2.54. The highest BCUT2D eigenvalue weighted by molar-refractivity contribution is 5.97. The van der Waals surface area contributed by atoms with Gasteiger partial charge < -0.3 is 25.0 Å². The number of aromatic nitrogens is 2. The van der Waals surface area contributed by atoms with Gasteiger partial charge in [0.2, 0.25) is 5.91 Å². The zero-order valence-electron chi connectivity index (χ0n) is 14.5. The number of carbonyl (C=O) groups is 2. The Morgan fingerprint density at radius 2 is 2.19 bits per heavy atom. The molecule has 4 atom stereocenters. The number of fused-ring (bicyclic) bond motifs is 2. The number of amides is 2. The van der Waals surface area contributed by atoms with Gasteiger partial charge in [0.25, 0.3) is 5.91 Å². The summed E-state index contributed by atoms with van der Waals surface area (Å²) in [5, 5.41) is 15.0. The van der Waals surface area contributed by atoms with Gasteiger partial charge in [-0.2, -0.15) is 0 Å². The summed E-state index contributed by atoms with van der Waals surface area (Å²) in [5.41, 5.74) is 2.11. The van der Waals surface area contributed by atoms with E-state index < -0.39 is 0 Å². The van der Waals surface area contributed by atoms with E-state index in [1.165, 1.54) is 6.92 Å². The van der Waals surface area contributed by atoms with E-state index in [4.69, 9.17) is 9.84 Å². The van der Waals surface area contributed by atoms with Crippen molar-refractivity contribution in [2.45, 2.75) is 38.1 Å². The molecule has 26 heavy (non-hydrogen) atoms. The van der Waals surface area contributed by atoms with Crippen LogP contribution in [0.15, 0.2) is 24.5 Å². The first-order chi connectivity index (χ1) is 12.6. The molecule has 2 fully saturated rings. The third-order valence-corrected chi connectivity index (χ3v) is 5.28. The molecule has 2 amide bonds. The Morgan fingerprint density at radius 1 is 1.35 bits per heavy atom. The fourth-order valence-corrected chi connectivity index (χ4v) is 4.04. The minimum Gasteiger partial charge on any atom is -0.395 e. The number of benzene rings is 1. The fraction of sp³-hybridized carbons (Fsp3) is 0.500. The second-order valence-corrected chi connectivity index (χ2v) is 6.88. The number of nitrogens with zero attached hydrogens (tertiary/aromatic N) is 2. The number of nitrogens with one attached hydrogen (secondary N) is 2. The Bertz CT molecular complexity index is 849. The van der Waals surface area contributed by atoms with Crippen molar-refractivity contribution in [1.82, 2.24) is 20.2 Å². The van der Waals surface area contributed by atoms with Crippen LogP contribution in [0, 0.1) is 5.92 Å². The van der Waals surface area contributed by atoms with Gasteiger partial charge in [-0.05, 0) is 24.6 Å². The first kappa shape index (κ1) is 17.0. The molecule has 1 aromatic carbocycles. The summed E-state index contributed by atoms with van der Waals surface area (Å²) in [4.78, 5) is 28.4. The zero-order valence-corrected chi connectivity index (χ0v) is 14.5. The highest BCUT2D eigenvalue weighted by atomic mass is 16.5. The number of aliphatic hydroxyl groups is 1. The normalized spacial score (nSPS) is 27.0. The zero-order chi connectivity index (χ0) is 18.3. The molecule has 8 nitrogen and oxygen atoms in total. The minimum atomic E-state index is -0.186. The summed E-state index contributed by atoms with van der Waals surface area (Å²) in [6.45, 7) is 2.62.